The zero-order chi connectivity index (χ0) is 13.8. The molecule has 0 saturated heterocycles. The fraction of sp³-hybridized carbons (Fsp3) is 0.500. The molecule has 2 atom stereocenters. The van der Waals surface area contributed by atoms with Gasteiger partial charge in [-0.1, -0.05) is 30.5 Å². The molecule has 1 saturated carbocycles. The van der Waals surface area contributed by atoms with Gasteiger partial charge in [0.25, 0.3) is 0 Å². The molecule has 5 heteroatoms. The second-order valence-electron chi connectivity index (χ2n) is 4.98. The maximum Gasteiger partial charge on any atom is 0.227 e. The van der Waals surface area contributed by atoms with Gasteiger partial charge in [0.15, 0.2) is 5.82 Å². The van der Waals surface area contributed by atoms with Crippen LogP contribution in [0, 0.1) is 17.7 Å². The summed E-state index contributed by atoms with van der Waals surface area (Å²) in [7, 11) is 0. The van der Waals surface area contributed by atoms with Gasteiger partial charge in [-0.05, 0) is 37.4 Å². The maximum atomic E-state index is 13.7. The molecule has 1 aliphatic carbocycles. The van der Waals surface area contributed by atoms with E-state index >= 15 is 0 Å². The smallest absolute Gasteiger partial charge is 0.227 e. The largest absolute Gasteiger partial charge is 0.330 e. The number of carbonyl (C=O) groups excluding carboxylic acids is 1. The Morgan fingerprint density at radius 3 is 2.89 bits per heavy atom. The van der Waals surface area contributed by atoms with E-state index in [-0.39, 0.29) is 28.5 Å². The van der Waals surface area contributed by atoms with Crippen LogP contribution in [0.5, 0.6) is 0 Å². The lowest BCUT2D eigenvalue weighted by atomic mass is 9.78. The van der Waals surface area contributed by atoms with Gasteiger partial charge in [0, 0.05) is 5.92 Å². The molecular weight excluding hydrogens is 267 g/mol. The second kappa shape index (κ2) is 6.35. The molecule has 1 aromatic rings. The van der Waals surface area contributed by atoms with Crippen LogP contribution in [0.3, 0.4) is 0 Å². The normalized spacial score (nSPS) is 23.1. The van der Waals surface area contributed by atoms with Gasteiger partial charge in [-0.25, -0.2) is 4.39 Å². The SMILES string of the molecule is NCC1CCCCC1C(=O)Nc1cccc(Cl)c1F. The van der Waals surface area contributed by atoms with Crippen LogP contribution in [0.15, 0.2) is 18.2 Å². The first-order valence-corrected chi connectivity index (χ1v) is 6.96. The lowest BCUT2D eigenvalue weighted by molar-refractivity contribution is -0.122. The molecular formula is C14H18ClFN2O. The summed E-state index contributed by atoms with van der Waals surface area (Å²) in [6.07, 6.45) is 3.91. The second-order valence-corrected chi connectivity index (χ2v) is 5.38. The highest BCUT2D eigenvalue weighted by atomic mass is 35.5. The Hall–Kier alpha value is -1.13. The number of rotatable bonds is 3. The zero-order valence-electron chi connectivity index (χ0n) is 10.7. The van der Waals surface area contributed by atoms with E-state index in [1.807, 2.05) is 0 Å². The van der Waals surface area contributed by atoms with E-state index in [0.29, 0.717) is 6.54 Å². The van der Waals surface area contributed by atoms with Crippen LogP contribution in [-0.2, 0) is 4.79 Å². The van der Waals surface area contributed by atoms with Crippen molar-refractivity contribution in [2.24, 2.45) is 17.6 Å². The van der Waals surface area contributed by atoms with Gasteiger partial charge in [-0.3, -0.25) is 4.79 Å². The quantitative estimate of drug-likeness (QED) is 0.896. The number of hydrogen-bond donors (Lipinski definition) is 2. The molecule has 1 aromatic carbocycles. The molecule has 19 heavy (non-hydrogen) atoms. The average Bonchev–Trinajstić information content (AvgIpc) is 2.43. The minimum absolute atomic E-state index is 0.0109. The third-order valence-electron chi connectivity index (χ3n) is 3.76. The van der Waals surface area contributed by atoms with Crippen molar-refractivity contribution < 1.29 is 9.18 Å². The molecule has 0 aromatic heterocycles. The number of hydrogen-bond acceptors (Lipinski definition) is 2. The first-order valence-electron chi connectivity index (χ1n) is 6.58. The first-order chi connectivity index (χ1) is 9.13. The first kappa shape index (κ1) is 14.3. The van der Waals surface area contributed by atoms with Crippen molar-refractivity contribution in [3.05, 3.63) is 29.0 Å². The van der Waals surface area contributed by atoms with Crippen molar-refractivity contribution in [2.45, 2.75) is 25.7 Å². The van der Waals surface area contributed by atoms with E-state index in [2.05, 4.69) is 5.32 Å². The zero-order valence-corrected chi connectivity index (χ0v) is 11.4. The minimum Gasteiger partial charge on any atom is -0.330 e. The summed E-state index contributed by atoms with van der Waals surface area (Å²) in [6.45, 7) is 0.496. The third kappa shape index (κ3) is 3.25. The van der Waals surface area contributed by atoms with E-state index in [1.54, 1.807) is 6.07 Å². The number of benzene rings is 1. The van der Waals surface area contributed by atoms with Gasteiger partial charge in [0.1, 0.15) is 0 Å². The molecule has 0 radical (unpaired) electrons. The Labute approximate surface area is 117 Å². The van der Waals surface area contributed by atoms with Gasteiger partial charge in [0.05, 0.1) is 10.7 Å². The van der Waals surface area contributed by atoms with Crippen LogP contribution in [-0.4, -0.2) is 12.5 Å². The Bertz CT molecular complexity index is 467. The van der Waals surface area contributed by atoms with Gasteiger partial charge < -0.3 is 11.1 Å². The monoisotopic (exact) mass is 284 g/mol. The maximum absolute atomic E-state index is 13.7. The molecule has 1 aliphatic rings. The van der Waals surface area contributed by atoms with E-state index in [0.717, 1.165) is 25.7 Å². The van der Waals surface area contributed by atoms with Crippen LogP contribution in [0.4, 0.5) is 10.1 Å². The topological polar surface area (TPSA) is 55.1 Å². The fourth-order valence-electron chi connectivity index (χ4n) is 2.66. The molecule has 2 unspecified atom stereocenters. The molecule has 1 fully saturated rings. The minimum atomic E-state index is -0.586. The van der Waals surface area contributed by atoms with Gasteiger partial charge in [-0.2, -0.15) is 0 Å². The summed E-state index contributed by atoms with van der Waals surface area (Å²) in [5.74, 6) is -0.679. The molecule has 3 nitrogen and oxygen atoms in total. The van der Waals surface area contributed by atoms with Crippen molar-refractivity contribution in [2.75, 3.05) is 11.9 Å². The van der Waals surface area contributed by atoms with Gasteiger partial charge >= 0.3 is 0 Å². The summed E-state index contributed by atoms with van der Waals surface area (Å²) in [5.41, 5.74) is 5.84. The highest BCUT2D eigenvalue weighted by Crippen LogP contribution is 2.31. The van der Waals surface area contributed by atoms with Crippen LogP contribution in [0.2, 0.25) is 5.02 Å². The number of amides is 1. The molecule has 0 spiro atoms. The third-order valence-corrected chi connectivity index (χ3v) is 4.05. The predicted octanol–water partition coefficient (Wildman–Crippen LogP) is 3.18. The number of nitrogens with two attached hydrogens (primary N) is 1. The van der Waals surface area contributed by atoms with Crippen molar-refractivity contribution >= 4 is 23.2 Å². The van der Waals surface area contributed by atoms with Crippen molar-refractivity contribution in [1.29, 1.82) is 0 Å². The number of halogens is 2. The number of nitrogens with one attached hydrogen (secondary N) is 1. The summed E-state index contributed by atoms with van der Waals surface area (Å²) < 4.78 is 13.7. The summed E-state index contributed by atoms with van der Waals surface area (Å²) >= 11 is 5.69. The summed E-state index contributed by atoms with van der Waals surface area (Å²) in [4.78, 5) is 12.2. The van der Waals surface area contributed by atoms with Crippen molar-refractivity contribution in [3.8, 4) is 0 Å². The highest BCUT2D eigenvalue weighted by molar-refractivity contribution is 6.31. The van der Waals surface area contributed by atoms with E-state index in [1.165, 1.54) is 12.1 Å². The predicted molar refractivity (Wildman–Crippen MR) is 74.5 cm³/mol. The molecule has 3 N–H and O–H groups in total. The number of anilines is 1. The Morgan fingerprint density at radius 1 is 1.42 bits per heavy atom. The molecule has 1 amide bonds. The van der Waals surface area contributed by atoms with E-state index in [4.69, 9.17) is 17.3 Å². The molecule has 0 heterocycles. The molecule has 0 bridgehead atoms. The van der Waals surface area contributed by atoms with E-state index in [9.17, 15) is 9.18 Å². The van der Waals surface area contributed by atoms with Crippen LogP contribution >= 0.6 is 11.6 Å². The number of carbonyl (C=O) groups is 1. The Kier molecular flexibility index (Phi) is 4.77. The average molecular weight is 285 g/mol. The van der Waals surface area contributed by atoms with Crippen molar-refractivity contribution in [3.63, 3.8) is 0 Å². The standard InChI is InChI=1S/C14H18ClFN2O/c15-11-6-3-7-12(13(11)16)18-14(19)10-5-2-1-4-9(10)8-17/h3,6-7,9-10H,1-2,4-5,8,17H2,(H,18,19). The molecule has 0 aliphatic heterocycles. The van der Waals surface area contributed by atoms with E-state index < -0.39 is 5.82 Å². The van der Waals surface area contributed by atoms with Crippen molar-refractivity contribution in [1.82, 2.24) is 0 Å². The molecule has 104 valence electrons. The Morgan fingerprint density at radius 2 is 2.16 bits per heavy atom. The molecule has 2 rings (SSSR count). The summed E-state index contributed by atoms with van der Waals surface area (Å²) in [6, 6.07) is 4.58. The van der Waals surface area contributed by atoms with Crippen LogP contribution in [0.25, 0.3) is 0 Å². The lowest BCUT2D eigenvalue weighted by Crippen LogP contribution is -2.35. The van der Waals surface area contributed by atoms with Crippen LogP contribution < -0.4 is 11.1 Å². The lowest BCUT2D eigenvalue weighted by Gasteiger charge is -2.29. The van der Waals surface area contributed by atoms with Gasteiger partial charge in [0.2, 0.25) is 5.91 Å². The van der Waals surface area contributed by atoms with Gasteiger partial charge in [-0.15, -0.1) is 0 Å². The summed E-state index contributed by atoms with van der Waals surface area (Å²) in [5, 5.41) is 2.64. The highest BCUT2D eigenvalue weighted by Gasteiger charge is 2.30. The Balaban J connectivity index is 2.09. The fourth-order valence-corrected chi connectivity index (χ4v) is 2.84. The van der Waals surface area contributed by atoms with Crippen LogP contribution in [0.1, 0.15) is 25.7 Å².